The molecule has 0 fully saturated rings. The molecule has 2 aromatic rings. The minimum absolute atomic E-state index is 0.0697. The van der Waals surface area contributed by atoms with E-state index in [2.05, 4.69) is 0 Å². The third kappa shape index (κ3) is 3.48. The van der Waals surface area contributed by atoms with E-state index in [0.29, 0.717) is 18.1 Å². The summed E-state index contributed by atoms with van der Waals surface area (Å²) < 4.78 is 10.7. The summed E-state index contributed by atoms with van der Waals surface area (Å²) in [4.78, 5) is 20.3. The zero-order valence-electron chi connectivity index (χ0n) is 11.6. The molecular formula is C14H12N2O6. The third-order valence-corrected chi connectivity index (χ3v) is 2.71. The summed E-state index contributed by atoms with van der Waals surface area (Å²) in [7, 11) is 0. The average molecular weight is 304 g/mol. The highest BCUT2D eigenvalue weighted by molar-refractivity contribution is 5.54. The van der Waals surface area contributed by atoms with E-state index in [9.17, 15) is 20.2 Å². The normalized spacial score (nSPS) is 10.0. The summed E-state index contributed by atoms with van der Waals surface area (Å²) >= 11 is 0. The van der Waals surface area contributed by atoms with Crippen molar-refractivity contribution in [1.82, 2.24) is 0 Å². The van der Waals surface area contributed by atoms with Gasteiger partial charge in [-0.3, -0.25) is 20.2 Å². The fourth-order valence-corrected chi connectivity index (χ4v) is 1.75. The largest absolute Gasteiger partial charge is 0.494 e. The van der Waals surface area contributed by atoms with Gasteiger partial charge >= 0.3 is 5.69 Å². The first-order chi connectivity index (χ1) is 10.5. The molecule has 8 heteroatoms. The van der Waals surface area contributed by atoms with Crippen LogP contribution in [0.2, 0.25) is 0 Å². The average Bonchev–Trinajstić information content (AvgIpc) is 2.49. The molecule has 0 aliphatic carbocycles. The number of rotatable bonds is 6. The monoisotopic (exact) mass is 304 g/mol. The van der Waals surface area contributed by atoms with Crippen molar-refractivity contribution in [3.8, 4) is 17.2 Å². The molecule has 0 N–H and O–H groups in total. The molecule has 0 atom stereocenters. The van der Waals surface area contributed by atoms with Crippen molar-refractivity contribution in [2.24, 2.45) is 0 Å². The Hall–Kier alpha value is -3.16. The SMILES string of the molecule is CCOc1ccc(Oc2ccc([N+](=O)[O-])cc2[N+](=O)[O-])cc1. The number of hydrogen-bond donors (Lipinski definition) is 0. The van der Waals surface area contributed by atoms with Gasteiger partial charge in [-0.2, -0.15) is 0 Å². The lowest BCUT2D eigenvalue weighted by Gasteiger charge is -2.07. The molecule has 0 amide bonds. The van der Waals surface area contributed by atoms with Gasteiger partial charge in [-0.1, -0.05) is 0 Å². The van der Waals surface area contributed by atoms with Gasteiger partial charge in [0.25, 0.3) is 5.69 Å². The van der Waals surface area contributed by atoms with Crippen LogP contribution in [0.25, 0.3) is 0 Å². The maximum Gasteiger partial charge on any atom is 0.318 e. The van der Waals surface area contributed by atoms with E-state index in [4.69, 9.17) is 9.47 Å². The second-order valence-electron chi connectivity index (χ2n) is 4.17. The number of benzene rings is 2. The molecule has 0 saturated heterocycles. The van der Waals surface area contributed by atoms with Crippen LogP contribution >= 0.6 is 0 Å². The van der Waals surface area contributed by atoms with Crippen molar-refractivity contribution < 1.29 is 19.3 Å². The second kappa shape index (κ2) is 6.53. The van der Waals surface area contributed by atoms with Gasteiger partial charge in [0, 0.05) is 6.07 Å². The van der Waals surface area contributed by atoms with Crippen molar-refractivity contribution >= 4 is 11.4 Å². The smallest absolute Gasteiger partial charge is 0.318 e. The topological polar surface area (TPSA) is 105 Å². The maximum atomic E-state index is 11.0. The molecule has 2 rings (SSSR count). The van der Waals surface area contributed by atoms with Crippen LogP contribution in [0.4, 0.5) is 11.4 Å². The fourth-order valence-electron chi connectivity index (χ4n) is 1.75. The summed E-state index contributed by atoms with van der Waals surface area (Å²) in [5.41, 5.74) is -0.839. The standard InChI is InChI=1S/C14H12N2O6/c1-2-21-11-4-6-12(7-5-11)22-14-8-3-10(15(17)18)9-13(14)16(19)20/h3-9H,2H2,1H3. The van der Waals surface area contributed by atoms with Gasteiger partial charge in [-0.15, -0.1) is 0 Å². The molecule has 22 heavy (non-hydrogen) atoms. The quantitative estimate of drug-likeness (QED) is 0.595. The maximum absolute atomic E-state index is 11.0. The predicted octanol–water partition coefficient (Wildman–Crippen LogP) is 3.69. The van der Waals surface area contributed by atoms with E-state index in [0.717, 1.165) is 12.1 Å². The van der Waals surface area contributed by atoms with Crippen molar-refractivity contribution in [1.29, 1.82) is 0 Å². The van der Waals surface area contributed by atoms with E-state index in [-0.39, 0.29) is 11.4 Å². The summed E-state index contributed by atoms with van der Waals surface area (Å²) in [6.45, 7) is 2.37. The van der Waals surface area contributed by atoms with E-state index in [1.54, 1.807) is 24.3 Å². The Bertz CT molecular complexity index is 699. The van der Waals surface area contributed by atoms with Gasteiger partial charge in [-0.05, 0) is 37.3 Å². The van der Waals surface area contributed by atoms with Crippen LogP contribution in [0.1, 0.15) is 6.92 Å². The molecule has 0 aromatic heterocycles. The molecule has 0 aliphatic heterocycles. The van der Waals surface area contributed by atoms with Gasteiger partial charge in [0.1, 0.15) is 11.5 Å². The van der Waals surface area contributed by atoms with Crippen LogP contribution in [0, 0.1) is 20.2 Å². The Morgan fingerprint density at radius 1 is 0.955 bits per heavy atom. The molecule has 0 unspecified atom stereocenters. The number of nitro benzene ring substituents is 2. The van der Waals surface area contributed by atoms with Crippen LogP contribution in [0.15, 0.2) is 42.5 Å². The van der Waals surface area contributed by atoms with Crippen LogP contribution < -0.4 is 9.47 Å². The molecule has 0 bridgehead atoms. The number of nitro groups is 2. The van der Waals surface area contributed by atoms with E-state index in [1.807, 2.05) is 6.92 Å². The molecule has 0 aliphatic rings. The molecule has 0 saturated carbocycles. The number of ether oxygens (including phenoxy) is 2. The lowest BCUT2D eigenvalue weighted by atomic mass is 10.2. The molecule has 8 nitrogen and oxygen atoms in total. The Kier molecular flexibility index (Phi) is 4.52. The lowest BCUT2D eigenvalue weighted by Crippen LogP contribution is -1.96. The minimum Gasteiger partial charge on any atom is -0.494 e. The Labute approximate surface area is 125 Å². The zero-order chi connectivity index (χ0) is 16.1. The first kappa shape index (κ1) is 15.2. The minimum atomic E-state index is -0.725. The predicted molar refractivity (Wildman–Crippen MR) is 77.4 cm³/mol. The van der Waals surface area contributed by atoms with Gasteiger partial charge < -0.3 is 9.47 Å². The molecule has 0 radical (unpaired) electrons. The molecule has 114 valence electrons. The molecule has 0 spiro atoms. The molecule has 2 aromatic carbocycles. The van der Waals surface area contributed by atoms with Crippen molar-refractivity contribution in [2.75, 3.05) is 6.61 Å². The Morgan fingerprint density at radius 3 is 2.14 bits per heavy atom. The summed E-state index contributed by atoms with van der Waals surface area (Å²) in [5.74, 6) is 0.938. The highest BCUT2D eigenvalue weighted by atomic mass is 16.6. The van der Waals surface area contributed by atoms with E-state index < -0.39 is 15.5 Å². The van der Waals surface area contributed by atoms with Gasteiger partial charge in [0.05, 0.1) is 22.5 Å². The van der Waals surface area contributed by atoms with Crippen LogP contribution in [-0.2, 0) is 0 Å². The summed E-state index contributed by atoms with van der Waals surface area (Å²) in [6, 6.07) is 9.73. The first-order valence-corrected chi connectivity index (χ1v) is 6.35. The summed E-state index contributed by atoms with van der Waals surface area (Å²) in [6.07, 6.45) is 0. The van der Waals surface area contributed by atoms with E-state index >= 15 is 0 Å². The van der Waals surface area contributed by atoms with Crippen molar-refractivity contribution in [3.05, 3.63) is 62.7 Å². The first-order valence-electron chi connectivity index (χ1n) is 6.35. The highest BCUT2D eigenvalue weighted by Crippen LogP contribution is 2.34. The summed E-state index contributed by atoms with van der Waals surface area (Å²) in [5, 5.41) is 21.7. The fraction of sp³-hybridized carbons (Fsp3) is 0.143. The van der Waals surface area contributed by atoms with Gasteiger partial charge in [0.2, 0.25) is 5.75 Å². The lowest BCUT2D eigenvalue weighted by molar-refractivity contribution is -0.394. The Balaban J connectivity index is 2.28. The second-order valence-corrected chi connectivity index (χ2v) is 4.17. The van der Waals surface area contributed by atoms with Crippen molar-refractivity contribution in [2.45, 2.75) is 6.92 Å². The van der Waals surface area contributed by atoms with Crippen molar-refractivity contribution in [3.63, 3.8) is 0 Å². The Morgan fingerprint density at radius 2 is 1.59 bits per heavy atom. The highest BCUT2D eigenvalue weighted by Gasteiger charge is 2.21. The number of non-ortho nitro benzene ring substituents is 1. The van der Waals surface area contributed by atoms with Gasteiger partial charge in [0.15, 0.2) is 0 Å². The van der Waals surface area contributed by atoms with E-state index in [1.165, 1.54) is 6.07 Å². The third-order valence-electron chi connectivity index (χ3n) is 2.71. The zero-order valence-corrected chi connectivity index (χ0v) is 11.6. The van der Waals surface area contributed by atoms with Gasteiger partial charge in [-0.25, -0.2) is 0 Å². The number of nitrogens with zero attached hydrogens (tertiary/aromatic N) is 2. The number of hydrogen-bond acceptors (Lipinski definition) is 6. The van der Waals surface area contributed by atoms with Crippen LogP contribution in [0.5, 0.6) is 17.2 Å². The molecule has 0 heterocycles. The molecular weight excluding hydrogens is 292 g/mol. The van der Waals surface area contributed by atoms with Crippen LogP contribution in [-0.4, -0.2) is 16.5 Å². The van der Waals surface area contributed by atoms with Crippen LogP contribution in [0.3, 0.4) is 0 Å².